The number of fused-ring (bicyclic) bond motifs is 6. The molecule has 1 atom stereocenters. The standard InChI is InChI=1S/C49H37NOSi/c1-34-14-12-15-37(32-34)50-45-23-10-8-20-41(45)44-22-13-25-48(49(44)50)52(38-16-4-2-5-17-38,39-18-6-3-7-19-39)40-29-26-35(27-30-40)36-28-31-43-42-21-9-11-24-46(42)51-47(43)33-36/h2-13,15-34H,14H2,1H3. The molecule has 0 amide bonds. The van der Waals surface area contributed by atoms with Crippen LogP contribution in [-0.4, -0.2) is 12.6 Å². The first-order valence-corrected chi connectivity index (χ1v) is 20.2. The third-order valence-electron chi connectivity index (χ3n) is 11.1. The van der Waals surface area contributed by atoms with Crippen molar-refractivity contribution in [2.24, 2.45) is 5.92 Å². The highest BCUT2D eigenvalue weighted by Gasteiger charge is 2.43. The molecular formula is C49H37NOSi. The molecule has 0 spiro atoms. The summed E-state index contributed by atoms with van der Waals surface area (Å²) in [7, 11) is -2.92. The number of benzene rings is 7. The van der Waals surface area contributed by atoms with Crippen molar-refractivity contribution in [3.63, 3.8) is 0 Å². The van der Waals surface area contributed by atoms with Gasteiger partial charge in [-0.2, -0.15) is 0 Å². The monoisotopic (exact) mass is 683 g/mol. The van der Waals surface area contributed by atoms with E-state index in [2.05, 4.69) is 187 Å². The average Bonchev–Trinajstić information content (AvgIpc) is 3.75. The average molecular weight is 684 g/mol. The molecule has 1 aliphatic carbocycles. The Morgan fingerprint density at radius 3 is 1.90 bits per heavy atom. The first-order valence-electron chi connectivity index (χ1n) is 18.2. The van der Waals surface area contributed by atoms with E-state index in [1.165, 1.54) is 53.8 Å². The number of furan rings is 1. The van der Waals surface area contributed by atoms with E-state index < -0.39 is 8.07 Å². The van der Waals surface area contributed by atoms with Crippen molar-refractivity contribution < 1.29 is 4.42 Å². The summed E-state index contributed by atoms with van der Waals surface area (Å²) in [5, 5.41) is 10.4. The van der Waals surface area contributed by atoms with Gasteiger partial charge in [-0.25, -0.2) is 0 Å². The molecule has 0 bridgehead atoms. The van der Waals surface area contributed by atoms with Gasteiger partial charge in [0.2, 0.25) is 0 Å². The third-order valence-corrected chi connectivity index (χ3v) is 15.9. The number of allylic oxidation sites excluding steroid dienone is 4. The second kappa shape index (κ2) is 12.3. The summed E-state index contributed by atoms with van der Waals surface area (Å²) in [6.45, 7) is 2.32. The van der Waals surface area contributed by atoms with Crippen molar-refractivity contribution in [1.29, 1.82) is 0 Å². The molecule has 10 rings (SSSR count). The first kappa shape index (κ1) is 30.6. The molecule has 0 aliphatic heterocycles. The Labute approximate surface area is 304 Å². The van der Waals surface area contributed by atoms with E-state index in [0.29, 0.717) is 5.92 Å². The lowest BCUT2D eigenvalue weighted by Crippen LogP contribution is -2.75. The normalized spacial score (nSPS) is 14.8. The Morgan fingerprint density at radius 2 is 1.15 bits per heavy atom. The van der Waals surface area contributed by atoms with Crippen LogP contribution in [0.15, 0.2) is 193 Å². The Hall–Kier alpha value is -6.16. The van der Waals surface area contributed by atoms with E-state index in [4.69, 9.17) is 4.42 Å². The molecule has 2 aromatic heterocycles. The minimum atomic E-state index is -2.92. The predicted octanol–water partition coefficient (Wildman–Crippen LogP) is 10.2. The van der Waals surface area contributed by atoms with Crippen LogP contribution in [-0.2, 0) is 0 Å². The van der Waals surface area contributed by atoms with Gasteiger partial charge < -0.3 is 8.98 Å². The van der Waals surface area contributed by atoms with Crippen LogP contribution < -0.4 is 20.7 Å². The van der Waals surface area contributed by atoms with Gasteiger partial charge in [0.25, 0.3) is 0 Å². The van der Waals surface area contributed by atoms with E-state index in [1.807, 2.05) is 12.1 Å². The maximum atomic E-state index is 6.29. The first-order chi connectivity index (χ1) is 25.7. The molecule has 2 heterocycles. The smallest absolute Gasteiger partial charge is 0.181 e. The molecule has 248 valence electrons. The SMILES string of the molecule is CC1C=C(n2c3ccccc3c3cccc([Si](c4ccccc4)(c4ccccc4)c4ccc(-c5ccc6c(c5)oc5ccccc56)cc4)c32)C=CC1. The van der Waals surface area contributed by atoms with Crippen molar-refractivity contribution in [2.45, 2.75) is 13.3 Å². The quantitative estimate of drug-likeness (QED) is 0.126. The Morgan fingerprint density at radius 1 is 0.538 bits per heavy atom. The molecule has 0 saturated carbocycles. The topological polar surface area (TPSA) is 18.1 Å². The molecule has 1 unspecified atom stereocenters. The van der Waals surface area contributed by atoms with Crippen LogP contribution in [0.2, 0.25) is 0 Å². The van der Waals surface area contributed by atoms with Gasteiger partial charge in [-0.15, -0.1) is 0 Å². The minimum absolute atomic E-state index is 0.472. The maximum Gasteiger partial charge on any atom is 0.181 e. The highest BCUT2D eigenvalue weighted by molar-refractivity contribution is 7.20. The fourth-order valence-corrected chi connectivity index (χ4v) is 13.7. The van der Waals surface area contributed by atoms with Crippen LogP contribution in [0, 0.1) is 5.92 Å². The van der Waals surface area contributed by atoms with Gasteiger partial charge in [0.1, 0.15) is 11.2 Å². The van der Waals surface area contributed by atoms with Crippen molar-refractivity contribution in [2.75, 3.05) is 0 Å². The van der Waals surface area contributed by atoms with Crippen LogP contribution >= 0.6 is 0 Å². The number of rotatable bonds is 6. The molecule has 9 aromatic rings. The van der Waals surface area contributed by atoms with E-state index in [9.17, 15) is 0 Å². The van der Waals surface area contributed by atoms with Gasteiger partial charge in [-0.3, -0.25) is 0 Å². The van der Waals surface area contributed by atoms with Gasteiger partial charge in [0, 0.05) is 27.2 Å². The zero-order valence-corrected chi connectivity index (χ0v) is 30.0. The molecule has 3 heteroatoms. The van der Waals surface area contributed by atoms with Crippen LogP contribution in [0.25, 0.3) is 60.6 Å². The van der Waals surface area contributed by atoms with Gasteiger partial charge in [-0.05, 0) is 74.6 Å². The number of para-hydroxylation sites is 3. The number of hydrogen-bond donors (Lipinski definition) is 0. The van der Waals surface area contributed by atoms with E-state index >= 15 is 0 Å². The number of aromatic nitrogens is 1. The molecule has 7 aromatic carbocycles. The van der Waals surface area contributed by atoms with Crippen LogP contribution in [0.3, 0.4) is 0 Å². The Balaban J connectivity index is 1.26. The lowest BCUT2D eigenvalue weighted by Gasteiger charge is -2.35. The predicted molar refractivity (Wildman–Crippen MR) is 223 cm³/mol. The van der Waals surface area contributed by atoms with Gasteiger partial charge in [-0.1, -0.05) is 165 Å². The lowest BCUT2D eigenvalue weighted by molar-refractivity contribution is 0.669. The molecule has 0 saturated heterocycles. The second-order valence-corrected chi connectivity index (χ2v) is 17.9. The highest BCUT2D eigenvalue weighted by Crippen LogP contribution is 2.35. The van der Waals surface area contributed by atoms with Gasteiger partial charge in [0.05, 0.1) is 11.0 Å². The van der Waals surface area contributed by atoms with Crippen molar-refractivity contribution >= 4 is 78.3 Å². The highest BCUT2D eigenvalue weighted by atomic mass is 28.3. The summed E-state index contributed by atoms with van der Waals surface area (Å²) in [6.07, 6.45) is 8.18. The fourth-order valence-electron chi connectivity index (χ4n) is 8.72. The van der Waals surface area contributed by atoms with Crippen LogP contribution in [0.1, 0.15) is 13.3 Å². The Kier molecular flexibility index (Phi) is 7.22. The van der Waals surface area contributed by atoms with Crippen LogP contribution in [0.4, 0.5) is 0 Å². The molecular weight excluding hydrogens is 647 g/mol. The summed E-state index contributed by atoms with van der Waals surface area (Å²) in [5.74, 6) is 0.472. The Bertz CT molecular complexity index is 2780. The van der Waals surface area contributed by atoms with Crippen molar-refractivity contribution in [3.05, 3.63) is 188 Å². The lowest BCUT2D eigenvalue weighted by atomic mass is 10.0. The summed E-state index contributed by atoms with van der Waals surface area (Å²) in [5.41, 5.74) is 7.96. The summed E-state index contributed by atoms with van der Waals surface area (Å²) >= 11 is 0. The minimum Gasteiger partial charge on any atom is -0.456 e. The zero-order chi connectivity index (χ0) is 34.6. The van der Waals surface area contributed by atoms with E-state index in [0.717, 1.165) is 33.9 Å². The second-order valence-electron chi connectivity index (χ2n) is 14.1. The largest absolute Gasteiger partial charge is 0.456 e. The number of hydrogen-bond acceptors (Lipinski definition) is 1. The maximum absolute atomic E-state index is 6.29. The van der Waals surface area contributed by atoms with Gasteiger partial charge in [0.15, 0.2) is 8.07 Å². The molecule has 52 heavy (non-hydrogen) atoms. The summed E-state index contributed by atoms with van der Waals surface area (Å²) in [4.78, 5) is 0. The molecule has 0 fully saturated rings. The molecule has 1 aliphatic rings. The summed E-state index contributed by atoms with van der Waals surface area (Å²) in [6, 6.07) is 62.8. The third kappa shape index (κ3) is 4.70. The molecule has 0 N–H and O–H groups in total. The fraction of sp³-hybridized carbons (Fsp3) is 0.0612. The van der Waals surface area contributed by atoms with Crippen molar-refractivity contribution in [1.82, 2.24) is 4.57 Å². The summed E-state index contributed by atoms with van der Waals surface area (Å²) < 4.78 is 8.85. The zero-order valence-electron chi connectivity index (χ0n) is 29.0. The van der Waals surface area contributed by atoms with Crippen molar-refractivity contribution in [3.8, 4) is 11.1 Å². The molecule has 0 radical (unpaired) electrons. The van der Waals surface area contributed by atoms with Gasteiger partial charge >= 0.3 is 0 Å². The number of nitrogens with zero attached hydrogens (tertiary/aromatic N) is 1. The van der Waals surface area contributed by atoms with E-state index in [1.54, 1.807) is 0 Å². The van der Waals surface area contributed by atoms with Crippen LogP contribution in [0.5, 0.6) is 0 Å². The van der Waals surface area contributed by atoms with E-state index in [-0.39, 0.29) is 0 Å². The molecule has 2 nitrogen and oxygen atoms in total.